The minimum atomic E-state index is -4.77. The van der Waals surface area contributed by atoms with E-state index in [-0.39, 0.29) is 18.0 Å². The molecule has 11 heteroatoms. The molecule has 0 unspecified atom stereocenters. The third-order valence-electron chi connectivity index (χ3n) is 5.57. The first-order valence-electron chi connectivity index (χ1n) is 11.5. The van der Waals surface area contributed by atoms with Gasteiger partial charge in [-0.25, -0.2) is 9.48 Å². The highest BCUT2D eigenvalue weighted by molar-refractivity contribution is 6.03. The zero-order chi connectivity index (χ0) is 27.3. The van der Waals surface area contributed by atoms with E-state index in [2.05, 4.69) is 10.4 Å². The van der Waals surface area contributed by atoms with Gasteiger partial charge in [-0.1, -0.05) is 42.5 Å². The van der Waals surface area contributed by atoms with Gasteiger partial charge in [0.25, 0.3) is 5.91 Å². The van der Waals surface area contributed by atoms with Crippen molar-refractivity contribution in [3.8, 4) is 5.69 Å². The van der Waals surface area contributed by atoms with Crippen molar-refractivity contribution in [1.29, 1.82) is 0 Å². The largest absolute Gasteiger partial charge is 0.445 e. The van der Waals surface area contributed by atoms with Crippen molar-refractivity contribution in [1.82, 2.24) is 9.78 Å². The Labute approximate surface area is 216 Å². The van der Waals surface area contributed by atoms with Gasteiger partial charge in [0.15, 0.2) is 5.69 Å². The number of halogens is 3. The lowest BCUT2D eigenvalue weighted by molar-refractivity contribution is -0.141. The average molecular weight is 524 g/mol. The fourth-order valence-corrected chi connectivity index (χ4v) is 3.80. The van der Waals surface area contributed by atoms with Crippen LogP contribution in [0.15, 0.2) is 84.9 Å². The van der Waals surface area contributed by atoms with E-state index in [0.717, 1.165) is 15.9 Å². The van der Waals surface area contributed by atoms with Gasteiger partial charge in [-0.3, -0.25) is 4.79 Å². The highest BCUT2D eigenvalue weighted by Gasteiger charge is 2.36. The number of para-hydroxylation sites is 1. The van der Waals surface area contributed by atoms with Gasteiger partial charge in [0.05, 0.1) is 5.69 Å². The van der Waals surface area contributed by atoms with E-state index >= 15 is 0 Å². The Morgan fingerprint density at radius 1 is 0.974 bits per heavy atom. The van der Waals surface area contributed by atoms with Crippen LogP contribution in [0.4, 0.5) is 29.3 Å². The molecule has 8 nitrogen and oxygen atoms in total. The second kappa shape index (κ2) is 11.1. The highest BCUT2D eigenvalue weighted by atomic mass is 19.4. The van der Waals surface area contributed by atoms with E-state index in [4.69, 9.17) is 10.5 Å². The number of carbonyl (C=O) groups excluding carboxylic acids is 2. The minimum Gasteiger partial charge on any atom is -0.445 e. The molecule has 0 aliphatic rings. The Hall–Kier alpha value is -4.80. The van der Waals surface area contributed by atoms with Crippen LogP contribution in [0, 0.1) is 0 Å². The summed E-state index contributed by atoms with van der Waals surface area (Å²) in [5.41, 5.74) is 6.38. The van der Waals surface area contributed by atoms with Crippen molar-refractivity contribution in [2.24, 2.45) is 5.73 Å². The number of amides is 2. The van der Waals surface area contributed by atoms with Gasteiger partial charge in [0, 0.05) is 31.0 Å². The van der Waals surface area contributed by atoms with E-state index in [9.17, 15) is 22.8 Å². The lowest BCUT2D eigenvalue weighted by Gasteiger charge is -2.19. The molecule has 3 N–H and O–H groups in total. The van der Waals surface area contributed by atoms with Gasteiger partial charge in [0.1, 0.15) is 12.3 Å². The van der Waals surface area contributed by atoms with Gasteiger partial charge in [0.2, 0.25) is 0 Å². The van der Waals surface area contributed by atoms with Gasteiger partial charge in [-0.05, 0) is 47.5 Å². The Morgan fingerprint density at radius 2 is 1.68 bits per heavy atom. The molecule has 0 radical (unpaired) electrons. The summed E-state index contributed by atoms with van der Waals surface area (Å²) in [6.45, 7) is 0.354. The third-order valence-corrected chi connectivity index (χ3v) is 5.57. The summed E-state index contributed by atoms with van der Waals surface area (Å²) in [4.78, 5) is 26.1. The number of primary amides is 1. The minimum absolute atomic E-state index is 0.175. The van der Waals surface area contributed by atoms with Crippen LogP contribution in [0.3, 0.4) is 0 Å². The summed E-state index contributed by atoms with van der Waals surface area (Å²) in [6, 6.07) is 23.5. The molecule has 2 amide bonds. The van der Waals surface area contributed by atoms with Crippen molar-refractivity contribution in [2.75, 3.05) is 17.3 Å². The number of rotatable bonds is 8. The second-order valence-electron chi connectivity index (χ2n) is 8.45. The van der Waals surface area contributed by atoms with E-state index < -0.39 is 23.9 Å². The molecule has 0 saturated carbocycles. The molecular weight excluding hydrogens is 499 g/mol. The van der Waals surface area contributed by atoms with E-state index in [1.165, 1.54) is 12.1 Å². The summed E-state index contributed by atoms with van der Waals surface area (Å²) in [5.74, 6) is -0.777. The monoisotopic (exact) mass is 523 g/mol. The zero-order valence-electron chi connectivity index (χ0n) is 20.3. The van der Waals surface area contributed by atoms with Crippen LogP contribution in [-0.2, 0) is 24.1 Å². The Kier molecular flexibility index (Phi) is 7.66. The normalized spacial score (nSPS) is 11.2. The lowest BCUT2D eigenvalue weighted by atomic mass is 10.1. The predicted molar refractivity (Wildman–Crippen MR) is 136 cm³/mol. The van der Waals surface area contributed by atoms with Gasteiger partial charge < -0.3 is 20.7 Å². The highest BCUT2D eigenvalue weighted by Crippen LogP contribution is 2.30. The van der Waals surface area contributed by atoms with Gasteiger partial charge >= 0.3 is 12.3 Å². The summed E-state index contributed by atoms with van der Waals surface area (Å²) < 4.78 is 46.2. The summed E-state index contributed by atoms with van der Waals surface area (Å²) in [7, 11) is 1.93. The topological polar surface area (TPSA) is 102 Å². The maximum atomic E-state index is 13.5. The molecule has 3 aromatic carbocycles. The molecule has 0 atom stereocenters. The van der Waals surface area contributed by atoms with Crippen LogP contribution in [-0.4, -0.2) is 28.8 Å². The molecule has 4 aromatic rings. The number of aromatic nitrogens is 2. The van der Waals surface area contributed by atoms with Crippen LogP contribution in [0.1, 0.15) is 27.3 Å². The summed E-state index contributed by atoms with van der Waals surface area (Å²) in [6.07, 6.45) is -5.76. The predicted octanol–water partition coefficient (Wildman–Crippen LogP) is 5.38. The van der Waals surface area contributed by atoms with E-state index in [1.54, 1.807) is 30.3 Å². The fourth-order valence-electron chi connectivity index (χ4n) is 3.80. The summed E-state index contributed by atoms with van der Waals surface area (Å²) >= 11 is 0. The molecule has 0 saturated heterocycles. The first-order valence-corrected chi connectivity index (χ1v) is 11.5. The second-order valence-corrected chi connectivity index (χ2v) is 8.45. The standard InChI is InChI=1S/C27H24F3N5O3/c1-34(21-10-3-2-4-11-21)16-18-7-5-9-20(13-18)32-25(36)23-15-24(27(28,29)30)33-35(23)22-12-6-8-19(14-22)17-38-26(31)37/h2-15H,16-17H2,1H3,(H2,31,37)(H,32,36). The van der Waals surface area contributed by atoms with Crippen LogP contribution >= 0.6 is 0 Å². The Bertz CT molecular complexity index is 1440. The molecule has 1 heterocycles. The molecule has 0 aliphatic heterocycles. The molecule has 196 valence electrons. The summed E-state index contributed by atoms with van der Waals surface area (Å²) in [5, 5.41) is 6.30. The number of nitrogens with zero attached hydrogens (tertiary/aromatic N) is 3. The maximum Gasteiger partial charge on any atom is 0.435 e. The first-order chi connectivity index (χ1) is 18.1. The zero-order valence-corrected chi connectivity index (χ0v) is 20.3. The molecule has 0 aliphatic carbocycles. The van der Waals surface area contributed by atoms with Crippen molar-refractivity contribution < 1.29 is 27.5 Å². The molecule has 0 bridgehead atoms. The number of hydrogen-bond donors (Lipinski definition) is 2. The fraction of sp³-hybridized carbons (Fsp3) is 0.148. The van der Waals surface area contributed by atoms with Crippen LogP contribution in [0.5, 0.6) is 0 Å². The number of alkyl halides is 3. The number of nitrogens with two attached hydrogens (primary N) is 1. The van der Waals surface area contributed by atoms with Crippen molar-refractivity contribution >= 4 is 23.4 Å². The number of anilines is 2. The molecule has 0 fully saturated rings. The van der Waals surface area contributed by atoms with Crippen molar-refractivity contribution in [3.05, 3.63) is 107 Å². The van der Waals surface area contributed by atoms with Crippen LogP contribution in [0.25, 0.3) is 5.69 Å². The van der Waals surface area contributed by atoms with E-state index in [0.29, 0.717) is 23.9 Å². The molecule has 0 spiro atoms. The first kappa shape index (κ1) is 26.3. The smallest absolute Gasteiger partial charge is 0.435 e. The average Bonchev–Trinajstić information content (AvgIpc) is 3.35. The number of carbonyl (C=O) groups is 2. The quantitative estimate of drug-likeness (QED) is 0.323. The van der Waals surface area contributed by atoms with Gasteiger partial charge in [-0.15, -0.1) is 0 Å². The van der Waals surface area contributed by atoms with Crippen molar-refractivity contribution in [3.63, 3.8) is 0 Å². The SMILES string of the molecule is CN(Cc1cccc(NC(=O)c2cc(C(F)(F)F)nn2-c2cccc(COC(N)=O)c2)c1)c1ccccc1. The number of nitrogens with one attached hydrogen (secondary N) is 1. The number of hydrogen-bond acceptors (Lipinski definition) is 5. The van der Waals surface area contributed by atoms with Gasteiger partial charge in [-0.2, -0.15) is 18.3 Å². The molecule has 4 rings (SSSR count). The molecular formula is C27H24F3N5O3. The maximum absolute atomic E-state index is 13.5. The van der Waals surface area contributed by atoms with Crippen LogP contribution in [0.2, 0.25) is 0 Å². The van der Waals surface area contributed by atoms with Crippen molar-refractivity contribution in [2.45, 2.75) is 19.3 Å². The number of ether oxygens (including phenoxy) is 1. The molecule has 1 aromatic heterocycles. The lowest BCUT2D eigenvalue weighted by Crippen LogP contribution is -2.18. The third kappa shape index (κ3) is 6.49. The Morgan fingerprint density at radius 3 is 2.39 bits per heavy atom. The molecule has 38 heavy (non-hydrogen) atoms. The number of benzene rings is 3. The van der Waals surface area contributed by atoms with Crippen LogP contribution < -0.4 is 16.0 Å². The van der Waals surface area contributed by atoms with E-state index in [1.807, 2.05) is 48.3 Å². The Balaban J connectivity index is 1.59.